The summed E-state index contributed by atoms with van der Waals surface area (Å²) in [4.78, 5) is 15.0. The summed E-state index contributed by atoms with van der Waals surface area (Å²) in [6.07, 6.45) is 1.92. The molecular formula is C22H21Cl2N3O. The van der Waals surface area contributed by atoms with E-state index in [-0.39, 0.29) is 11.9 Å². The van der Waals surface area contributed by atoms with E-state index in [4.69, 9.17) is 23.2 Å². The van der Waals surface area contributed by atoms with Gasteiger partial charge < -0.3 is 4.90 Å². The predicted molar refractivity (Wildman–Crippen MR) is 113 cm³/mol. The van der Waals surface area contributed by atoms with Crippen LogP contribution in [-0.4, -0.2) is 27.5 Å². The fourth-order valence-corrected chi connectivity index (χ4v) is 4.25. The van der Waals surface area contributed by atoms with Gasteiger partial charge in [-0.3, -0.25) is 9.89 Å². The number of hydrogen-bond donors (Lipinski definition) is 1. The third-order valence-electron chi connectivity index (χ3n) is 5.20. The molecule has 1 amide bonds. The Labute approximate surface area is 174 Å². The molecule has 0 aliphatic carbocycles. The number of fused-ring (bicyclic) bond motifs is 1. The van der Waals surface area contributed by atoms with Crippen molar-refractivity contribution in [3.63, 3.8) is 0 Å². The van der Waals surface area contributed by atoms with Gasteiger partial charge in [0.05, 0.1) is 11.7 Å². The number of hydrogen-bond acceptors (Lipinski definition) is 2. The number of aryl methyl sites for hydroxylation is 1. The van der Waals surface area contributed by atoms with Crippen molar-refractivity contribution in [2.75, 3.05) is 6.54 Å². The minimum atomic E-state index is -0.283. The van der Waals surface area contributed by atoms with Crippen molar-refractivity contribution in [3.8, 4) is 11.3 Å². The molecule has 28 heavy (non-hydrogen) atoms. The second-order valence-corrected chi connectivity index (χ2v) is 7.99. The van der Waals surface area contributed by atoms with E-state index in [1.807, 2.05) is 48.2 Å². The number of nitrogens with zero attached hydrogens (tertiary/aromatic N) is 2. The van der Waals surface area contributed by atoms with E-state index in [0.29, 0.717) is 22.3 Å². The molecule has 1 atom stereocenters. The molecule has 0 spiro atoms. The highest BCUT2D eigenvalue weighted by atomic mass is 35.5. The second-order valence-electron chi connectivity index (χ2n) is 7.15. The number of carbonyl (C=O) groups excluding carboxylic acids is 1. The van der Waals surface area contributed by atoms with Gasteiger partial charge in [0.2, 0.25) is 0 Å². The first kappa shape index (κ1) is 19.0. The fourth-order valence-electron chi connectivity index (χ4n) is 3.73. The maximum absolute atomic E-state index is 13.1. The highest BCUT2D eigenvalue weighted by molar-refractivity contribution is 6.35. The van der Waals surface area contributed by atoms with Crippen LogP contribution in [-0.2, 0) is 0 Å². The van der Waals surface area contributed by atoms with Crippen LogP contribution in [0.1, 0.15) is 53.0 Å². The van der Waals surface area contributed by atoms with Crippen molar-refractivity contribution in [1.82, 2.24) is 15.1 Å². The second kappa shape index (κ2) is 7.61. The van der Waals surface area contributed by atoms with Gasteiger partial charge in [-0.1, -0.05) is 72.4 Å². The summed E-state index contributed by atoms with van der Waals surface area (Å²) in [5, 5.41) is 8.58. The average molecular weight is 414 g/mol. The zero-order valence-electron chi connectivity index (χ0n) is 15.8. The number of aromatic nitrogens is 2. The fraction of sp³-hybridized carbons (Fsp3) is 0.273. The molecule has 0 saturated heterocycles. The quantitative estimate of drug-likeness (QED) is 0.554. The van der Waals surface area contributed by atoms with E-state index in [9.17, 15) is 4.79 Å². The van der Waals surface area contributed by atoms with Gasteiger partial charge in [-0.15, -0.1) is 0 Å². The molecule has 144 valence electrons. The number of benzene rings is 2. The van der Waals surface area contributed by atoms with Gasteiger partial charge in [-0.05, 0) is 31.0 Å². The molecule has 0 fully saturated rings. The Balaban J connectivity index is 1.88. The summed E-state index contributed by atoms with van der Waals surface area (Å²) in [6, 6.07) is 13.3. The molecule has 1 N–H and O–H groups in total. The average Bonchev–Trinajstić information content (AvgIpc) is 3.21. The summed E-state index contributed by atoms with van der Waals surface area (Å²) in [6.45, 7) is 4.82. The van der Waals surface area contributed by atoms with Crippen LogP contribution in [0.2, 0.25) is 10.0 Å². The van der Waals surface area contributed by atoms with E-state index >= 15 is 0 Å². The Morgan fingerprint density at radius 1 is 1.14 bits per heavy atom. The van der Waals surface area contributed by atoms with Crippen molar-refractivity contribution in [3.05, 3.63) is 74.9 Å². The summed E-state index contributed by atoms with van der Waals surface area (Å²) in [5.74, 6) is -0.0367. The van der Waals surface area contributed by atoms with Crippen LogP contribution in [0.5, 0.6) is 0 Å². The molecule has 3 aromatic rings. The van der Waals surface area contributed by atoms with Gasteiger partial charge in [0.25, 0.3) is 5.91 Å². The zero-order chi connectivity index (χ0) is 19.8. The Kier molecular flexibility index (Phi) is 5.17. The Bertz CT molecular complexity index is 1030. The maximum Gasteiger partial charge on any atom is 0.273 e. The molecule has 4 rings (SSSR count). The molecule has 1 aliphatic heterocycles. The highest BCUT2D eigenvalue weighted by Crippen LogP contribution is 2.45. The van der Waals surface area contributed by atoms with Gasteiger partial charge in [0.1, 0.15) is 5.69 Å². The van der Waals surface area contributed by atoms with E-state index in [1.165, 1.54) is 5.56 Å². The Morgan fingerprint density at radius 2 is 1.89 bits per heavy atom. The van der Waals surface area contributed by atoms with Crippen LogP contribution in [0, 0.1) is 6.92 Å². The number of H-pyrrole nitrogens is 1. The van der Waals surface area contributed by atoms with Crippen LogP contribution in [0.15, 0.2) is 42.5 Å². The van der Waals surface area contributed by atoms with Gasteiger partial charge in [0, 0.05) is 27.7 Å². The van der Waals surface area contributed by atoms with E-state index < -0.39 is 0 Å². The first-order valence-electron chi connectivity index (χ1n) is 9.42. The molecule has 4 nitrogen and oxygen atoms in total. The van der Waals surface area contributed by atoms with Crippen molar-refractivity contribution in [2.24, 2.45) is 0 Å². The summed E-state index contributed by atoms with van der Waals surface area (Å²) in [5.41, 5.74) is 5.23. The number of halogens is 2. The maximum atomic E-state index is 13.1. The number of aromatic amines is 1. The number of rotatable bonds is 5. The van der Waals surface area contributed by atoms with Gasteiger partial charge in [0.15, 0.2) is 0 Å². The van der Waals surface area contributed by atoms with Gasteiger partial charge >= 0.3 is 0 Å². The molecule has 1 aromatic heterocycles. The number of nitrogens with one attached hydrogen (secondary N) is 1. The van der Waals surface area contributed by atoms with Crippen LogP contribution in [0.3, 0.4) is 0 Å². The van der Waals surface area contributed by atoms with Gasteiger partial charge in [-0.2, -0.15) is 5.10 Å². The van der Waals surface area contributed by atoms with Crippen molar-refractivity contribution in [1.29, 1.82) is 0 Å². The summed E-state index contributed by atoms with van der Waals surface area (Å²) >= 11 is 12.7. The van der Waals surface area contributed by atoms with Crippen molar-refractivity contribution >= 4 is 29.1 Å². The molecule has 2 heterocycles. The lowest BCUT2D eigenvalue weighted by molar-refractivity contribution is 0.0741. The summed E-state index contributed by atoms with van der Waals surface area (Å²) in [7, 11) is 0. The first-order valence-corrected chi connectivity index (χ1v) is 10.2. The van der Waals surface area contributed by atoms with Crippen LogP contribution in [0.4, 0.5) is 0 Å². The minimum absolute atomic E-state index is 0.0367. The highest BCUT2D eigenvalue weighted by Gasteiger charge is 2.42. The third kappa shape index (κ3) is 3.21. The lowest BCUT2D eigenvalue weighted by Gasteiger charge is -2.27. The SMILES string of the molecule is CCCCN1C(=O)c2[nH]nc(-c3ccc(C)cc3)c2C1c1ccc(Cl)cc1Cl. The molecule has 1 unspecified atom stereocenters. The zero-order valence-corrected chi connectivity index (χ0v) is 17.3. The van der Waals surface area contributed by atoms with Crippen LogP contribution in [0.25, 0.3) is 11.3 Å². The van der Waals surface area contributed by atoms with Crippen LogP contribution < -0.4 is 0 Å². The van der Waals surface area contributed by atoms with E-state index in [1.54, 1.807) is 6.07 Å². The van der Waals surface area contributed by atoms with E-state index in [0.717, 1.165) is 35.2 Å². The largest absolute Gasteiger partial charge is 0.326 e. The molecule has 2 aromatic carbocycles. The smallest absolute Gasteiger partial charge is 0.273 e. The number of unbranched alkanes of at least 4 members (excludes halogenated alkanes) is 1. The van der Waals surface area contributed by atoms with Crippen molar-refractivity contribution in [2.45, 2.75) is 32.7 Å². The first-order chi connectivity index (χ1) is 13.5. The lowest BCUT2D eigenvalue weighted by Crippen LogP contribution is -2.30. The molecule has 0 saturated carbocycles. The monoisotopic (exact) mass is 413 g/mol. The third-order valence-corrected chi connectivity index (χ3v) is 5.76. The summed E-state index contributed by atoms with van der Waals surface area (Å²) < 4.78 is 0. The molecule has 6 heteroatoms. The normalized spacial score (nSPS) is 15.9. The topological polar surface area (TPSA) is 49.0 Å². The van der Waals surface area contributed by atoms with Crippen LogP contribution >= 0.6 is 23.2 Å². The standard InChI is InChI=1S/C22H21Cl2N3O/c1-3-4-11-27-21(16-10-9-15(23)12-17(16)24)18-19(25-26-20(18)22(27)28)14-7-5-13(2)6-8-14/h5-10,12,21H,3-4,11H2,1-2H3,(H,25,26). The molecule has 1 aliphatic rings. The van der Waals surface area contributed by atoms with E-state index in [2.05, 4.69) is 17.1 Å². The number of carbonyl (C=O) groups is 1. The van der Waals surface area contributed by atoms with Gasteiger partial charge in [-0.25, -0.2) is 0 Å². The minimum Gasteiger partial charge on any atom is -0.326 e. The van der Waals surface area contributed by atoms with Crippen molar-refractivity contribution < 1.29 is 4.79 Å². The lowest BCUT2D eigenvalue weighted by atomic mass is 9.95. The Morgan fingerprint density at radius 3 is 2.57 bits per heavy atom. The number of amides is 1. The molecule has 0 bridgehead atoms. The predicted octanol–water partition coefficient (Wildman–Crippen LogP) is 6.04. The molecular weight excluding hydrogens is 393 g/mol. The Hall–Kier alpha value is -2.30. The molecule has 0 radical (unpaired) electrons.